The Bertz CT molecular complexity index is 1110. The fourth-order valence-electron chi connectivity index (χ4n) is 2.51. The minimum Gasteiger partial charge on any atom is -0.298 e. The SMILES string of the molecule is O=C(Nc1ncc(Cc2ccc(Cl)c(Cl)c2)s1)c1ccc(-n2cnnn2)cc1. The molecule has 10 heteroatoms. The zero-order valence-corrected chi connectivity index (χ0v) is 16.5. The number of rotatable bonds is 5. The van der Waals surface area contributed by atoms with Crippen molar-refractivity contribution in [3.63, 3.8) is 0 Å². The predicted molar refractivity (Wildman–Crippen MR) is 108 cm³/mol. The monoisotopic (exact) mass is 430 g/mol. The van der Waals surface area contributed by atoms with Crippen LogP contribution in [0.1, 0.15) is 20.8 Å². The van der Waals surface area contributed by atoms with E-state index in [4.69, 9.17) is 23.2 Å². The van der Waals surface area contributed by atoms with E-state index in [2.05, 4.69) is 25.8 Å². The molecule has 0 spiro atoms. The molecule has 1 amide bonds. The lowest BCUT2D eigenvalue weighted by atomic mass is 10.1. The minimum atomic E-state index is -0.237. The number of hydrogen-bond acceptors (Lipinski definition) is 6. The van der Waals surface area contributed by atoms with E-state index in [9.17, 15) is 4.79 Å². The van der Waals surface area contributed by atoms with Crippen LogP contribution in [0.5, 0.6) is 0 Å². The van der Waals surface area contributed by atoms with Crippen LogP contribution < -0.4 is 5.32 Å². The summed E-state index contributed by atoms with van der Waals surface area (Å²) in [5.41, 5.74) is 2.30. The van der Waals surface area contributed by atoms with Gasteiger partial charge in [-0.3, -0.25) is 10.1 Å². The van der Waals surface area contributed by atoms with Crippen molar-refractivity contribution in [1.29, 1.82) is 0 Å². The number of benzene rings is 2. The molecule has 0 fully saturated rings. The quantitative estimate of drug-likeness (QED) is 0.510. The summed E-state index contributed by atoms with van der Waals surface area (Å²) in [5, 5.41) is 15.4. The van der Waals surface area contributed by atoms with Crippen LogP contribution in [0.15, 0.2) is 55.0 Å². The summed E-state index contributed by atoms with van der Waals surface area (Å²) in [6, 6.07) is 12.5. The smallest absolute Gasteiger partial charge is 0.257 e. The summed E-state index contributed by atoms with van der Waals surface area (Å²) >= 11 is 13.4. The number of thiazole rings is 1. The number of nitrogens with one attached hydrogen (secondary N) is 1. The van der Waals surface area contributed by atoms with Gasteiger partial charge in [0.15, 0.2) is 5.13 Å². The number of carbonyl (C=O) groups is 1. The maximum Gasteiger partial charge on any atom is 0.257 e. The Morgan fingerprint density at radius 3 is 2.64 bits per heavy atom. The van der Waals surface area contributed by atoms with E-state index in [0.29, 0.717) is 27.2 Å². The first kappa shape index (κ1) is 18.5. The maximum absolute atomic E-state index is 12.4. The lowest BCUT2D eigenvalue weighted by molar-refractivity contribution is 0.102. The van der Waals surface area contributed by atoms with Crippen LogP contribution in [0.2, 0.25) is 10.0 Å². The second kappa shape index (κ2) is 8.05. The lowest BCUT2D eigenvalue weighted by Gasteiger charge is -2.03. The van der Waals surface area contributed by atoms with Crippen molar-refractivity contribution >= 4 is 45.6 Å². The molecule has 1 N–H and O–H groups in total. The molecule has 0 saturated carbocycles. The second-order valence-corrected chi connectivity index (χ2v) is 7.74. The highest BCUT2D eigenvalue weighted by molar-refractivity contribution is 7.15. The van der Waals surface area contributed by atoms with Gasteiger partial charge in [0.2, 0.25) is 0 Å². The highest BCUT2D eigenvalue weighted by Crippen LogP contribution is 2.26. The number of tetrazole rings is 1. The van der Waals surface area contributed by atoms with E-state index in [1.165, 1.54) is 22.3 Å². The second-order valence-electron chi connectivity index (χ2n) is 5.81. The molecule has 140 valence electrons. The highest BCUT2D eigenvalue weighted by atomic mass is 35.5. The van der Waals surface area contributed by atoms with Crippen LogP contribution in [0, 0.1) is 0 Å². The molecule has 0 unspecified atom stereocenters. The first-order chi connectivity index (χ1) is 13.6. The van der Waals surface area contributed by atoms with Crippen molar-refractivity contribution in [1.82, 2.24) is 25.2 Å². The molecule has 0 bridgehead atoms. The third kappa shape index (κ3) is 4.19. The van der Waals surface area contributed by atoms with E-state index in [1.807, 2.05) is 12.1 Å². The number of hydrogen-bond donors (Lipinski definition) is 1. The van der Waals surface area contributed by atoms with Gasteiger partial charge in [-0.1, -0.05) is 29.3 Å². The fourth-order valence-corrected chi connectivity index (χ4v) is 3.67. The van der Waals surface area contributed by atoms with Crippen LogP contribution in [0.3, 0.4) is 0 Å². The molecular weight excluding hydrogens is 419 g/mol. The lowest BCUT2D eigenvalue weighted by Crippen LogP contribution is -2.11. The fraction of sp³-hybridized carbons (Fsp3) is 0.0556. The summed E-state index contributed by atoms with van der Waals surface area (Å²) in [7, 11) is 0. The molecule has 4 rings (SSSR count). The first-order valence-corrected chi connectivity index (χ1v) is 9.69. The van der Waals surface area contributed by atoms with Crippen molar-refractivity contribution in [3.8, 4) is 5.69 Å². The standard InChI is InChI=1S/C18H12Cl2N6OS/c19-15-6-1-11(8-16(15)20)7-14-9-21-18(28-14)23-17(27)12-2-4-13(5-3-12)26-10-22-24-25-26/h1-6,8-10H,7H2,(H,21,23,27). The van der Waals surface area contributed by atoms with Gasteiger partial charge < -0.3 is 0 Å². The summed E-state index contributed by atoms with van der Waals surface area (Å²) < 4.78 is 1.51. The van der Waals surface area contributed by atoms with Gasteiger partial charge in [0, 0.05) is 23.1 Å². The predicted octanol–water partition coefficient (Wildman–Crippen LogP) is 4.27. The topological polar surface area (TPSA) is 85.6 Å². The Kier molecular flexibility index (Phi) is 5.34. The van der Waals surface area contributed by atoms with E-state index in [0.717, 1.165) is 16.1 Å². The van der Waals surface area contributed by atoms with Gasteiger partial charge in [0.1, 0.15) is 6.33 Å². The zero-order chi connectivity index (χ0) is 19.5. The highest BCUT2D eigenvalue weighted by Gasteiger charge is 2.11. The molecule has 2 aromatic heterocycles. The molecule has 0 radical (unpaired) electrons. The van der Waals surface area contributed by atoms with E-state index >= 15 is 0 Å². The van der Waals surface area contributed by atoms with E-state index in [1.54, 1.807) is 36.5 Å². The Morgan fingerprint density at radius 1 is 1.11 bits per heavy atom. The van der Waals surface area contributed by atoms with Crippen LogP contribution in [0.4, 0.5) is 5.13 Å². The maximum atomic E-state index is 12.4. The van der Waals surface area contributed by atoms with Crippen LogP contribution in [0.25, 0.3) is 5.69 Å². The van der Waals surface area contributed by atoms with Crippen LogP contribution >= 0.6 is 34.5 Å². The molecule has 0 atom stereocenters. The number of aromatic nitrogens is 5. The molecule has 7 nitrogen and oxygen atoms in total. The molecule has 4 aromatic rings. The average molecular weight is 431 g/mol. The summed E-state index contributed by atoms with van der Waals surface area (Å²) in [6.45, 7) is 0. The van der Waals surface area contributed by atoms with Crippen molar-refractivity contribution < 1.29 is 4.79 Å². The minimum absolute atomic E-state index is 0.237. The third-order valence-electron chi connectivity index (χ3n) is 3.88. The van der Waals surface area contributed by atoms with Gasteiger partial charge in [0.05, 0.1) is 15.7 Å². The Labute approximate surface area is 173 Å². The Morgan fingerprint density at radius 2 is 1.93 bits per heavy atom. The van der Waals surface area contributed by atoms with Gasteiger partial charge in [-0.05, 0) is 52.4 Å². The average Bonchev–Trinajstić information content (AvgIpc) is 3.37. The van der Waals surface area contributed by atoms with Gasteiger partial charge >= 0.3 is 0 Å². The van der Waals surface area contributed by atoms with Gasteiger partial charge in [0.25, 0.3) is 5.91 Å². The number of halogens is 2. The van der Waals surface area contributed by atoms with Crippen LogP contribution in [-0.4, -0.2) is 31.1 Å². The Hall–Kier alpha value is -2.81. The van der Waals surface area contributed by atoms with E-state index in [-0.39, 0.29) is 5.91 Å². The number of nitrogens with zero attached hydrogens (tertiary/aromatic N) is 5. The first-order valence-electron chi connectivity index (χ1n) is 8.12. The summed E-state index contributed by atoms with van der Waals surface area (Å²) in [6.07, 6.45) is 3.88. The molecule has 0 aliphatic rings. The molecular formula is C18H12Cl2N6OS. The number of amides is 1. The molecule has 0 aliphatic carbocycles. The van der Waals surface area contributed by atoms with Crippen molar-refractivity contribution in [2.75, 3.05) is 5.32 Å². The van der Waals surface area contributed by atoms with Crippen molar-refractivity contribution in [2.24, 2.45) is 0 Å². The molecule has 28 heavy (non-hydrogen) atoms. The largest absolute Gasteiger partial charge is 0.298 e. The van der Waals surface area contributed by atoms with Gasteiger partial charge in [-0.15, -0.1) is 16.4 Å². The zero-order valence-electron chi connectivity index (χ0n) is 14.2. The van der Waals surface area contributed by atoms with Crippen LogP contribution in [-0.2, 0) is 6.42 Å². The number of anilines is 1. The molecule has 2 heterocycles. The Balaban J connectivity index is 1.41. The van der Waals surface area contributed by atoms with Crippen molar-refractivity contribution in [2.45, 2.75) is 6.42 Å². The number of carbonyl (C=O) groups excluding carboxylic acids is 1. The van der Waals surface area contributed by atoms with Crippen molar-refractivity contribution in [3.05, 3.63) is 81.0 Å². The summed E-state index contributed by atoms with van der Waals surface area (Å²) in [4.78, 5) is 17.7. The normalized spacial score (nSPS) is 10.8. The molecule has 2 aromatic carbocycles. The summed E-state index contributed by atoms with van der Waals surface area (Å²) in [5.74, 6) is -0.237. The van der Waals surface area contributed by atoms with E-state index < -0.39 is 0 Å². The van der Waals surface area contributed by atoms with Gasteiger partial charge in [-0.25, -0.2) is 9.67 Å². The third-order valence-corrected chi connectivity index (χ3v) is 5.53. The molecule has 0 aliphatic heterocycles. The molecule has 0 saturated heterocycles. The van der Waals surface area contributed by atoms with Gasteiger partial charge in [-0.2, -0.15) is 0 Å².